The molecule has 0 saturated heterocycles. The van der Waals surface area contributed by atoms with Crippen LogP contribution in [0.4, 0.5) is 0 Å². The summed E-state index contributed by atoms with van der Waals surface area (Å²) < 4.78 is 1.08. The Kier molecular flexibility index (Phi) is 4.71. The van der Waals surface area contributed by atoms with Crippen LogP contribution in [0, 0.1) is 6.92 Å². The molecule has 2 aromatic carbocycles. The molecule has 2 aromatic rings. The number of halogens is 3. The van der Waals surface area contributed by atoms with E-state index in [0.717, 1.165) is 27.0 Å². The van der Waals surface area contributed by atoms with Crippen molar-refractivity contribution >= 4 is 39.1 Å². The fourth-order valence-corrected chi connectivity index (χ4v) is 2.50. The van der Waals surface area contributed by atoms with Crippen LogP contribution in [0.3, 0.4) is 0 Å². The zero-order valence-corrected chi connectivity index (χ0v) is 13.1. The summed E-state index contributed by atoms with van der Waals surface area (Å²) in [6.07, 6.45) is 0.815. The molecule has 0 fully saturated rings. The highest BCUT2D eigenvalue weighted by Crippen LogP contribution is 2.28. The first-order valence-electron chi connectivity index (χ1n) is 5.71. The number of benzene rings is 2. The Morgan fingerprint density at radius 3 is 2.39 bits per heavy atom. The predicted molar refractivity (Wildman–Crippen MR) is 82.6 cm³/mol. The molecule has 2 rings (SSSR count). The highest BCUT2D eigenvalue weighted by Gasteiger charge is 2.10. The van der Waals surface area contributed by atoms with Gasteiger partial charge >= 0.3 is 0 Å². The van der Waals surface area contributed by atoms with E-state index in [1.807, 2.05) is 31.2 Å². The summed E-state index contributed by atoms with van der Waals surface area (Å²) in [6, 6.07) is 14.2. The molecule has 0 spiro atoms. The van der Waals surface area contributed by atoms with Crippen molar-refractivity contribution in [2.45, 2.75) is 18.7 Å². The van der Waals surface area contributed by atoms with Crippen molar-refractivity contribution in [2.75, 3.05) is 0 Å². The van der Waals surface area contributed by atoms with Crippen molar-refractivity contribution in [2.24, 2.45) is 0 Å². The summed E-state index contributed by atoms with van der Waals surface area (Å²) in [7, 11) is 0. The molecule has 94 valence electrons. The van der Waals surface area contributed by atoms with Crippen LogP contribution < -0.4 is 0 Å². The maximum absolute atomic E-state index is 6.45. The molecular weight excluding hydrogens is 331 g/mol. The van der Waals surface area contributed by atoms with E-state index in [-0.39, 0.29) is 5.38 Å². The topological polar surface area (TPSA) is 0 Å². The molecule has 0 aliphatic heterocycles. The van der Waals surface area contributed by atoms with E-state index in [9.17, 15) is 0 Å². The Balaban J connectivity index is 2.13. The second-order valence-electron chi connectivity index (χ2n) is 4.31. The minimum absolute atomic E-state index is 0.0258. The van der Waals surface area contributed by atoms with Gasteiger partial charge in [-0.25, -0.2) is 0 Å². The summed E-state index contributed by atoms with van der Waals surface area (Å²) in [6.45, 7) is 2.00. The fraction of sp³-hybridized carbons (Fsp3) is 0.200. The highest BCUT2D eigenvalue weighted by molar-refractivity contribution is 9.10. The molecule has 0 saturated carbocycles. The van der Waals surface area contributed by atoms with E-state index < -0.39 is 0 Å². The van der Waals surface area contributed by atoms with E-state index in [1.165, 1.54) is 5.56 Å². The highest BCUT2D eigenvalue weighted by atomic mass is 79.9. The molecule has 0 nitrogen and oxygen atoms in total. The third kappa shape index (κ3) is 3.50. The van der Waals surface area contributed by atoms with Gasteiger partial charge in [-0.15, -0.1) is 11.6 Å². The van der Waals surface area contributed by atoms with Gasteiger partial charge in [0, 0.05) is 9.50 Å². The molecule has 0 amide bonds. The minimum Gasteiger partial charge on any atom is -0.117 e. The third-order valence-electron chi connectivity index (χ3n) is 2.87. The molecule has 18 heavy (non-hydrogen) atoms. The minimum atomic E-state index is -0.0258. The van der Waals surface area contributed by atoms with Gasteiger partial charge in [-0.1, -0.05) is 51.8 Å². The fourth-order valence-electron chi connectivity index (χ4n) is 1.81. The lowest BCUT2D eigenvalue weighted by atomic mass is 10.0. The van der Waals surface area contributed by atoms with Crippen molar-refractivity contribution in [3.05, 3.63) is 68.7 Å². The third-order valence-corrected chi connectivity index (χ3v) is 4.23. The quantitative estimate of drug-likeness (QED) is 0.605. The predicted octanol–water partition coefficient (Wildman–Crippen LogP) is 5.93. The molecular formula is C15H13BrCl2. The Hall–Kier alpha value is -0.500. The van der Waals surface area contributed by atoms with Crippen LogP contribution in [-0.4, -0.2) is 0 Å². The van der Waals surface area contributed by atoms with E-state index in [0.29, 0.717) is 0 Å². The van der Waals surface area contributed by atoms with Crippen LogP contribution in [-0.2, 0) is 6.42 Å². The molecule has 0 aliphatic rings. The molecule has 0 aromatic heterocycles. The molecule has 0 N–H and O–H groups in total. The molecule has 0 bridgehead atoms. The van der Waals surface area contributed by atoms with Crippen LogP contribution in [0.5, 0.6) is 0 Å². The number of alkyl halides is 1. The number of rotatable bonds is 3. The van der Waals surface area contributed by atoms with E-state index in [1.54, 1.807) is 0 Å². The molecule has 3 heteroatoms. The van der Waals surface area contributed by atoms with Gasteiger partial charge in [0.2, 0.25) is 0 Å². The second-order valence-corrected chi connectivity index (χ2v) is 6.16. The van der Waals surface area contributed by atoms with Gasteiger partial charge in [0.1, 0.15) is 0 Å². The van der Waals surface area contributed by atoms with Crippen molar-refractivity contribution in [3.8, 4) is 0 Å². The van der Waals surface area contributed by atoms with Crippen molar-refractivity contribution < 1.29 is 0 Å². The summed E-state index contributed by atoms with van der Waals surface area (Å²) in [5.74, 6) is 0. The Bertz CT molecular complexity index is 535. The Labute approximate surface area is 126 Å². The molecule has 0 radical (unpaired) electrons. The smallest absolute Gasteiger partial charge is 0.0625 e. The van der Waals surface area contributed by atoms with Crippen LogP contribution in [0.25, 0.3) is 0 Å². The monoisotopic (exact) mass is 342 g/mol. The van der Waals surface area contributed by atoms with Crippen LogP contribution in [0.1, 0.15) is 22.1 Å². The summed E-state index contributed by atoms with van der Waals surface area (Å²) in [4.78, 5) is 0. The number of aryl methyl sites for hydroxylation is 1. The average Bonchev–Trinajstić information content (AvgIpc) is 2.35. The maximum atomic E-state index is 6.45. The zero-order valence-electron chi connectivity index (χ0n) is 9.96. The van der Waals surface area contributed by atoms with E-state index in [4.69, 9.17) is 23.2 Å². The molecule has 0 heterocycles. The first-order chi connectivity index (χ1) is 8.56. The van der Waals surface area contributed by atoms with Crippen molar-refractivity contribution in [3.63, 3.8) is 0 Å². The van der Waals surface area contributed by atoms with Crippen LogP contribution >= 0.6 is 39.1 Å². The van der Waals surface area contributed by atoms with Gasteiger partial charge < -0.3 is 0 Å². The van der Waals surface area contributed by atoms with Crippen LogP contribution in [0.15, 0.2) is 46.9 Å². The van der Waals surface area contributed by atoms with Crippen LogP contribution in [0.2, 0.25) is 5.02 Å². The van der Waals surface area contributed by atoms with Crippen molar-refractivity contribution in [1.82, 2.24) is 0 Å². The lowest BCUT2D eigenvalue weighted by Gasteiger charge is -2.11. The zero-order chi connectivity index (χ0) is 13.1. The van der Waals surface area contributed by atoms with Crippen molar-refractivity contribution in [1.29, 1.82) is 0 Å². The number of hydrogen-bond acceptors (Lipinski definition) is 0. The lowest BCUT2D eigenvalue weighted by molar-refractivity contribution is 0.918. The van der Waals surface area contributed by atoms with Gasteiger partial charge in [-0.05, 0) is 48.2 Å². The maximum Gasteiger partial charge on any atom is 0.0625 e. The number of hydrogen-bond donors (Lipinski definition) is 0. The van der Waals surface area contributed by atoms with Gasteiger partial charge in [-0.3, -0.25) is 0 Å². The molecule has 1 atom stereocenters. The SMILES string of the molecule is Cc1cc(C(Cl)Cc2ccc(Br)cc2)ccc1Cl. The first kappa shape index (κ1) is 13.9. The Morgan fingerprint density at radius 1 is 1.11 bits per heavy atom. The largest absolute Gasteiger partial charge is 0.117 e. The molecule has 0 aliphatic carbocycles. The first-order valence-corrected chi connectivity index (χ1v) is 7.31. The van der Waals surface area contributed by atoms with Gasteiger partial charge in [0.15, 0.2) is 0 Å². The lowest BCUT2D eigenvalue weighted by Crippen LogP contribution is -1.96. The van der Waals surface area contributed by atoms with E-state index >= 15 is 0 Å². The normalized spacial score (nSPS) is 12.4. The molecule has 1 unspecified atom stereocenters. The standard InChI is InChI=1S/C15H13BrCl2/c1-10-8-12(4-7-14(10)17)15(18)9-11-2-5-13(16)6-3-11/h2-8,15H,9H2,1H3. The van der Waals surface area contributed by atoms with Gasteiger partial charge in [0.05, 0.1) is 5.38 Å². The van der Waals surface area contributed by atoms with Gasteiger partial charge in [-0.2, -0.15) is 0 Å². The van der Waals surface area contributed by atoms with E-state index in [2.05, 4.69) is 34.1 Å². The Morgan fingerprint density at radius 2 is 1.78 bits per heavy atom. The van der Waals surface area contributed by atoms with Gasteiger partial charge in [0.25, 0.3) is 0 Å². The summed E-state index contributed by atoms with van der Waals surface area (Å²) >= 11 is 15.9. The average molecular weight is 344 g/mol. The summed E-state index contributed by atoms with van der Waals surface area (Å²) in [5, 5.41) is 0.758. The summed E-state index contributed by atoms with van der Waals surface area (Å²) in [5.41, 5.74) is 3.41. The second kappa shape index (κ2) is 6.10.